The van der Waals surface area contributed by atoms with Gasteiger partial charge in [0.2, 0.25) is 11.8 Å². The molecule has 0 saturated carbocycles. The highest BCUT2D eigenvalue weighted by Crippen LogP contribution is 2.29. The van der Waals surface area contributed by atoms with E-state index in [4.69, 9.17) is 9.15 Å². The summed E-state index contributed by atoms with van der Waals surface area (Å²) in [5.41, 5.74) is 2.77. The Kier molecular flexibility index (Phi) is 6.04. The molecule has 2 heterocycles. The van der Waals surface area contributed by atoms with Crippen LogP contribution in [0.15, 0.2) is 76.4 Å². The Morgan fingerprint density at radius 3 is 2.59 bits per heavy atom. The Hall–Kier alpha value is -3.36. The molecular weight excluding hydrogens is 424 g/mol. The van der Waals surface area contributed by atoms with Crippen molar-refractivity contribution in [1.29, 1.82) is 0 Å². The average molecular weight is 447 g/mol. The number of nitrogens with one attached hydrogen (secondary N) is 1. The van der Waals surface area contributed by atoms with E-state index in [0.29, 0.717) is 11.1 Å². The number of carbonyl (C=O) groups excluding carboxylic acids is 1. The lowest BCUT2D eigenvalue weighted by Gasteiger charge is -2.28. The van der Waals surface area contributed by atoms with Crippen LogP contribution in [0.5, 0.6) is 0 Å². The van der Waals surface area contributed by atoms with Gasteiger partial charge >= 0.3 is 0 Å². The van der Waals surface area contributed by atoms with Crippen LogP contribution in [0, 0.1) is 0 Å². The fourth-order valence-electron chi connectivity index (χ4n) is 3.69. The summed E-state index contributed by atoms with van der Waals surface area (Å²) >= 11 is 1.22. The lowest BCUT2D eigenvalue weighted by molar-refractivity contribution is -0.113. The van der Waals surface area contributed by atoms with E-state index >= 15 is 0 Å². The monoisotopic (exact) mass is 446 g/mol. The quantitative estimate of drug-likeness (QED) is 0.438. The minimum absolute atomic E-state index is 0.126. The third-order valence-corrected chi connectivity index (χ3v) is 6.10. The number of benzene rings is 3. The SMILES string of the molecule is O=C(CSc1nnc(-c2cccc3ccccc23)o1)Nc1ccc(N2CCOCC2)cc1. The van der Waals surface area contributed by atoms with Crippen LogP contribution in [-0.2, 0) is 9.53 Å². The minimum Gasteiger partial charge on any atom is -0.411 e. The van der Waals surface area contributed by atoms with Gasteiger partial charge in [0.1, 0.15) is 0 Å². The van der Waals surface area contributed by atoms with Gasteiger partial charge in [0.15, 0.2) is 0 Å². The molecule has 1 saturated heterocycles. The van der Waals surface area contributed by atoms with Gasteiger partial charge in [-0.3, -0.25) is 4.79 Å². The van der Waals surface area contributed by atoms with Gasteiger partial charge in [-0.25, -0.2) is 0 Å². The summed E-state index contributed by atoms with van der Waals surface area (Å²) in [5, 5.41) is 13.7. The predicted molar refractivity (Wildman–Crippen MR) is 126 cm³/mol. The normalized spacial score (nSPS) is 13.9. The second-order valence-electron chi connectivity index (χ2n) is 7.38. The summed E-state index contributed by atoms with van der Waals surface area (Å²) < 4.78 is 11.2. The Labute approximate surface area is 189 Å². The number of amides is 1. The highest BCUT2D eigenvalue weighted by atomic mass is 32.2. The van der Waals surface area contributed by atoms with Crippen molar-refractivity contribution in [1.82, 2.24) is 10.2 Å². The summed E-state index contributed by atoms with van der Waals surface area (Å²) in [6, 6.07) is 21.9. The third kappa shape index (κ3) is 4.61. The Morgan fingerprint density at radius 1 is 0.969 bits per heavy atom. The topological polar surface area (TPSA) is 80.5 Å². The van der Waals surface area contributed by atoms with Crippen LogP contribution in [0.4, 0.5) is 11.4 Å². The zero-order chi connectivity index (χ0) is 21.8. The van der Waals surface area contributed by atoms with Crippen LogP contribution < -0.4 is 10.2 Å². The van der Waals surface area contributed by atoms with Crippen molar-refractivity contribution in [2.75, 3.05) is 42.3 Å². The molecule has 0 atom stereocenters. The van der Waals surface area contributed by atoms with Crippen molar-refractivity contribution in [3.05, 3.63) is 66.7 Å². The van der Waals surface area contributed by atoms with E-state index in [-0.39, 0.29) is 11.7 Å². The van der Waals surface area contributed by atoms with Crippen molar-refractivity contribution in [3.8, 4) is 11.5 Å². The van der Waals surface area contributed by atoms with Crippen LogP contribution in [0.2, 0.25) is 0 Å². The van der Waals surface area contributed by atoms with Gasteiger partial charge in [0.05, 0.1) is 19.0 Å². The number of anilines is 2. The molecule has 1 amide bonds. The van der Waals surface area contributed by atoms with Crippen molar-refractivity contribution < 1.29 is 13.9 Å². The van der Waals surface area contributed by atoms with Crippen LogP contribution in [-0.4, -0.2) is 48.2 Å². The number of fused-ring (bicyclic) bond motifs is 1. The van der Waals surface area contributed by atoms with Crippen molar-refractivity contribution in [2.24, 2.45) is 0 Å². The second kappa shape index (κ2) is 9.42. The summed E-state index contributed by atoms with van der Waals surface area (Å²) in [6.45, 7) is 3.25. The van der Waals surface area contributed by atoms with Crippen LogP contribution >= 0.6 is 11.8 Å². The smallest absolute Gasteiger partial charge is 0.277 e. The van der Waals surface area contributed by atoms with Gasteiger partial charge < -0.3 is 19.4 Å². The number of thioether (sulfide) groups is 1. The molecule has 0 aliphatic carbocycles. The molecule has 7 nitrogen and oxygen atoms in total. The number of carbonyl (C=O) groups is 1. The summed E-state index contributed by atoms with van der Waals surface area (Å²) in [4.78, 5) is 14.6. The summed E-state index contributed by atoms with van der Waals surface area (Å²) in [5.74, 6) is 0.505. The van der Waals surface area contributed by atoms with E-state index in [1.165, 1.54) is 11.8 Å². The van der Waals surface area contributed by atoms with E-state index in [0.717, 1.165) is 54.0 Å². The Balaban J connectivity index is 1.18. The first-order valence-electron chi connectivity index (χ1n) is 10.4. The molecule has 1 aliphatic heterocycles. The first kappa shape index (κ1) is 20.5. The van der Waals surface area contributed by atoms with Gasteiger partial charge in [0, 0.05) is 30.0 Å². The maximum atomic E-state index is 12.4. The first-order valence-corrected chi connectivity index (χ1v) is 11.4. The molecule has 1 fully saturated rings. The zero-order valence-electron chi connectivity index (χ0n) is 17.4. The van der Waals surface area contributed by atoms with Crippen molar-refractivity contribution >= 4 is 39.8 Å². The molecule has 1 aromatic heterocycles. The number of hydrogen-bond donors (Lipinski definition) is 1. The number of rotatable bonds is 6. The number of aromatic nitrogens is 2. The maximum absolute atomic E-state index is 12.4. The van der Waals surface area contributed by atoms with Crippen LogP contribution in [0.3, 0.4) is 0 Å². The summed E-state index contributed by atoms with van der Waals surface area (Å²) in [6.07, 6.45) is 0. The van der Waals surface area contributed by atoms with Gasteiger partial charge in [-0.2, -0.15) is 0 Å². The van der Waals surface area contributed by atoms with Crippen molar-refractivity contribution in [2.45, 2.75) is 5.22 Å². The van der Waals surface area contributed by atoms with Gasteiger partial charge in [-0.05, 0) is 41.1 Å². The third-order valence-electron chi connectivity index (χ3n) is 5.28. The van der Waals surface area contributed by atoms with E-state index in [1.54, 1.807) is 0 Å². The molecule has 4 aromatic rings. The van der Waals surface area contributed by atoms with E-state index in [1.807, 2.05) is 66.7 Å². The molecule has 8 heteroatoms. The molecule has 0 bridgehead atoms. The minimum atomic E-state index is -0.126. The van der Waals surface area contributed by atoms with Gasteiger partial charge in [-0.1, -0.05) is 48.2 Å². The largest absolute Gasteiger partial charge is 0.411 e. The second-order valence-corrected chi connectivity index (χ2v) is 8.31. The predicted octanol–water partition coefficient (Wildman–Crippen LogP) is 4.46. The molecule has 0 spiro atoms. The Morgan fingerprint density at radius 2 is 1.75 bits per heavy atom. The van der Waals surface area contributed by atoms with E-state index < -0.39 is 0 Å². The van der Waals surface area contributed by atoms with Gasteiger partial charge in [-0.15, -0.1) is 10.2 Å². The van der Waals surface area contributed by atoms with Crippen LogP contribution in [0.1, 0.15) is 0 Å². The fourth-order valence-corrected chi connectivity index (χ4v) is 4.25. The highest BCUT2D eigenvalue weighted by Gasteiger charge is 2.14. The molecular formula is C24H22N4O3S. The zero-order valence-corrected chi connectivity index (χ0v) is 18.2. The van der Waals surface area contributed by atoms with Gasteiger partial charge in [0.25, 0.3) is 5.22 Å². The molecule has 162 valence electrons. The number of hydrogen-bond acceptors (Lipinski definition) is 7. The first-order chi connectivity index (χ1) is 15.8. The molecule has 1 N–H and O–H groups in total. The molecule has 3 aromatic carbocycles. The Bertz CT molecular complexity index is 1210. The molecule has 5 rings (SSSR count). The molecule has 1 aliphatic rings. The lowest BCUT2D eigenvalue weighted by atomic mass is 10.0. The van der Waals surface area contributed by atoms with Crippen LogP contribution in [0.25, 0.3) is 22.2 Å². The highest BCUT2D eigenvalue weighted by molar-refractivity contribution is 7.99. The number of ether oxygens (including phenoxy) is 1. The van der Waals surface area contributed by atoms with E-state index in [2.05, 4.69) is 20.4 Å². The molecule has 32 heavy (non-hydrogen) atoms. The number of morpholine rings is 1. The lowest BCUT2D eigenvalue weighted by Crippen LogP contribution is -2.36. The molecule has 0 unspecified atom stereocenters. The summed E-state index contributed by atoms with van der Waals surface area (Å²) in [7, 11) is 0. The number of nitrogens with zero attached hydrogens (tertiary/aromatic N) is 3. The maximum Gasteiger partial charge on any atom is 0.277 e. The van der Waals surface area contributed by atoms with E-state index in [9.17, 15) is 4.79 Å². The fraction of sp³-hybridized carbons (Fsp3) is 0.208. The van der Waals surface area contributed by atoms with Crippen molar-refractivity contribution in [3.63, 3.8) is 0 Å². The molecule has 0 radical (unpaired) electrons. The average Bonchev–Trinajstić information content (AvgIpc) is 3.32. The standard InChI is InChI=1S/C24H22N4O3S/c29-22(25-18-8-10-19(11-9-18)28-12-14-30-15-13-28)16-32-24-27-26-23(31-24)21-7-3-5-17-4-1-2-6-20(17)21/h1-11H,12-16H2,(H,25,29).